The number of carbonyl (C=O) groups excluding carboxylic acids is 1. The fourth-order valence-corrected chi connectivity index (χ4v) is 3.23. The number of nitrogens with zero attached hydrogens (tertiary/aromatic N) is 1. The quantitative estimate of drug-likeness (QED) is 0.549. The minimum absolute atomic E-state index is 0.0758. The molecule has 1 aliphatic heterocycles. The SMILES string of the molecule is CCC[C@H]([C@H](CC)C(=O)OC(C)(C)C)N1CCCC1=S. The van der Waals surface area contributed by atoms with Crippen LogP contribution in [-0.4, -0.2) is 34.0 Å². The van der Waals surface area contributed by atoms with Crippen molar-refractivity contribution < 1.29 is 9.53 Å². The molecule has 20 heavy (non-hydrogen) atoms. The van der Waals surface area contributed by atoms with Gasteiger partial charge in [0.2, 0.25) is 0 Å². The normalized spacial score (nSPS) is 19.1. The first-order valence-electron chi connectivity index (χ1n) is 7.82. The lowest BCUT2D eigenvalue weighted by molar-refractivity contribution is -0.162. The van der Waals surface area contributed by atoms with Gasteiger partial charge in [0.15, 0.2) is 0 Å². The first kappa shape index (κ1) is 17.4. The van der Waals surface area contributed by atoms with E-state index in [1.165, 1.54) is 0 Å². The Kier molecular flexibility index (Phi) is 6.44. The Hall–Kier alpha value is -0.640. The highest BCUT2D eigenvalue weighted by Crippen LogP contribution is 2.27. The number of likely N-dealkylation sites (tertiary alicyclic amines) is 1. The van der Waals surface area contributed by atoms with Gasteiger partial charge in [-0.25, -0.2) is 0 Å². The van der Waals surface area contributed by atoms with Crippen LogP contribution < -0.4 is 0 Å². The van der Waals surface area contributed by atoms with Crippen LogP contribution in [0.5, 0.6) is 0 Å². The highest BCUT2D eigenvalue weighted by molar-refractivity contribution is 7.80. The molecule has 4 heteroatoms. The summed E-state index contributed by atoms with van der Waals surface area (Å²) < 4.78 is 5.60. The van der Waals surface area contributed by atoms with Gasteiger partial charge in [0.1, 0.15) is 5.60 Å². The van der Waals surface area contributed by atoms with E-state index in [0.717, 1.165) is 43.6 Å². The molecule has 2 atom stereocenters. The van der Waals surface area contributed by atoms with Crippen LogP contribution in [0.2, 0.25) is 0 Å². The summed E-state index contributed by atoms with van der Waals surface area (Å²) in [5.74, 6) is -0.154. The summed E-state index contributed by atoms with van der Waals surface area (Å²) in [6.07, 6.45) is 4.96. The number of rotatable bonds is 6. The maximum atomic E-state index is 12.5. The molecular formula is C16H29NO2S. The molecule has 0 bridgehead atoms. The molecule has 0 N–H and O–H groups in total. The Morgan fingerprint density at radius 3 is 2.45 bits per heavy atom. The molecule has 1 heterocycles. The van der Waals surface area contributed by atoms with Crippen LogP contribution in [0, 0.1) is 5.92 Å². The molecule has 0 aromatic heterocycles. The third-order valence-electron chi connectivity index (χ3n) is 3.71. The van der Waals surface area contributed by atoms with Crippen molar-refractivity contribution in [3.05, 3.63) is 0 Å². The molecule has 1 fully saturated rings. The Morgan fingerprint density at radius 2 is 2.05 bits per heavy atom. The Balaban J connectivity index is 2.85. The van der Waals surface area contributed by atoms with Crippen molar-refractivity contribution in [3.63, 3.8) is 0 Å². The Bertz CT molecular complexity index is 349. The minimum atomic E-state index is -0.424. The van der Waals surface area contributed by atoms with Crippen LogP contribution in [0.15, 0.2) is 0 Å². The second-order valence-corrected chi connectivity index (χ2v) is 7.07. The van der Waals surface area contributed by atoms with Gasteiger partial charge in [-0.3, -0.25) is 4.79 Å². The molecule has 116 valence electrons. The van der Waals surface area contributed by atoms with Crippen molar-refractivity contribution in [2.75, 3.05) is 6.54 Å². The van der Waals surface area contributed by atoms with Crippen LogP contribution in [-0.2, 0) is 9.53 Å². The molecule has 0 aromatic rings. The molecule has 0 aromatic carbocycles. The predicted octanol–water partition coefficient (Wildman–Crippen LogP) is 3.95. The largest absolute Gasteiger partial charge is 0.460 e. The Morgan fingerprint density at radius 1 is 1.40 bits per heavy atom. The highest BCUT2D eigenvalue weighted by Gasteiger charge is 2.36. The standard InChI is InChI=1S/C16H29NO2S/c1-6-9-13(17-11-8-10-14(17)20)12(7-2)15(18)19-16(3,4)5/h12-13H,6-11H2,1-5H3/t12-,13+/m0/s1. The molecule has 3 nitrogen and oxygen atoms in total. The van der Waals surface area contributed by atoms with E-state index in [-0.39, 0.29) is 17.9 Å². The average Bonchev–Trinajstić information content (AvgIpc) is 2.72. The van der Waals surface area contributed by atoms with E-state index in [1.54, 1.807) is 0 Å². The Labute approximate surface area is 129 Å². The van der Waals surface area contributed by atoms with Gasteiger partial charge in [0.25, 0.3) is 0 Å². The van der Waals surface area contributed by atoms with Gasteiger partial charge in [-0.1, -0.05) is 32.5 Å². The summed E-state index contributed by atoms with van der Waals surface area (Å²) in [4.78, 5) is 15.8. The van der Waals surface area contributed by atoms with Crippen LogP contribution >= 0.6 is 12.2 Å². The summed E-state index contributed by atoms with van der Waals surface area (Å²) in [6, 6.07) is 0.204. The average molecular weight is 299 g/mol. The molecule has 0 saturated carbocycles. The fourth-order valence-electron chi connectivity index (χ4n) is 2.86. The monoisotopic (exact) mass is 299 g/mol. The van der Waals surface area contributed by atoms with E-state index in [2.05, 4.69) is 18.7 Å². The van der Waals surface area contributed by atoms with Gasteiger partial charge in [0.05, 0.1) is 10.9 Å². The summed E-state index contributed by atoms with van der Waals surface area (Å²) in [6.45, 7) is 11.0. The lowest BCUT2D eigenvalue weighted by Crippen LogP contribution is -2.45. The maximum Gasteiger partial charge on any atom is 0.311 e. The van der Waals surface area contributed by atoms with Crippen molar-refractivity contribution in [2.45, 2.75) is 78.4 Å². The molecule has 0 aliphatic carbocycles. The van der Waals surface area contributed by atoms with Gasteiger partial charge in [-0.05, 0) is 46.5 Å². The zero-order valence-corrected chi connectivity index (χ0v) is 14.4. The van der Waals surface area contributed by atoms with Crippen molar-refractivity contribution in [1.82, 2.24) is 4.90 Å². The zero-order chi connectivity index (χ0) is 15.3. The van der Waals surface area contributed by atoms with Gasteiger partial charge in [-0.2, -0.15) is 0 Å². The summed E-state index contributed by atoms with van der Waals surface area (Å²) in [7, 11) is 0. The first-order valence-corrected chi connectivity index (χ1v) is 8.23. The number of hydrogen-bond donors (Lipinski definition) is 0. The molecule has 1 rings (SSSR count). The third-order valence-corrected chi connectivity index (χ3v) is 4.15. The van der Waals surface area contributed by atoms with Gasteiger partial charge in [-0.15, -0.1) is 0 Å². The van der Waals surface area contributed by atoms with Crippen LogP contribution in [0.3, 0.4) is 0 Å². The topological polar surface area (TPSA) is 29.5 Å². The van der Waals surface area contributed by atoms with Crippen molar-refractivity contribution >= 4 is 23.2 Å². The predicted molar refractivity (Wildman–Crippen MR) is 86.9 cm³/mol. The van der Waals surface area contributed by atoms with E-state index in [9.17, 15) is 4.79 Å². The minimum Gasteiger partial charge on any atom is -0.460 e. The lowest BCUT2D eigenvalue weighted by Gasteiger charge is -2.35. The molecule has 1 aliphatic rings. The van der Waals surface area contributed by atoms with Crippen LogP contribution in [0.1, 0.15) is 66.7 Å². The van der Waals surface area contributed by atoms with E-state index < -0.39 is 5.60 Å². The van der Waals surface area contributed by atoms with Crippen molar-refractivity contribution in [2.24, 2.45) is 5.92 Å². The number of hydrogen-bond acceptors (Lipinski definition) is 3. The fraction of sp³-hybridized carbons (Fsp3) is 0.875. The third kappa shape index (κ3) is 4.72. The molecular weight excluding hydrogens is 270 g/mol. The van der Waals surface area contributed by atoms with Crippen molar-refractivity contribution in [1.29, 1.82) is 0 Å². The van der Waals surface area contributed by atoms with E-state index in [1.807, 2.05) is 20.8 Å². The highest BCUT2D eigenvalue weighted by atomic mass is 32.1. The number of esters is 1. The number of thiocarbonyl (C=S) groups is 1. The summed E-state index contributed by atoms with van der Waals surface area (Å²) in [5, 5.41) is 0. The summed E-state index contributed by atoms with van der Waals surface area (Å²) >= 11 is 5.47. The van der Waals surface area contributed by atoms with Crippen LogP contribution in [0.4, 0.5) is 0 Å². The summed E-state index contributed by atoms with van der Waals surface area (Å²) in [5.41, 5.74) is -0.424. The first-order chi connectivity index (χ1) is 9.30. The van der Waals surface area contributed by atoms with Gasteiger partial charge < -0.3 is 9.64 Å². The van der Waals surface area contributed by atoms with Crippen molar-refractivity contribution in [3.8, 4) is 0 Å². The second kappa shape index (κ2) is 7.39. The molecule has 0 radical (unpaired) electrons. The van der Waals surface area contributed by atoms with E-state index in [0.29, 0.717) is 0 Å². The molecule has 0 amide bonds. The van der Waals surface area contributed by atoms with E-state index in [4.69, 9.17) is 17.0 Å². The number of ether oxygens (including phenoxy) is 1. The lowest BCUT2D eigenvalue weighted by atomic mass is 9.92. The maximum absolute atomic E-state index is 12.5. The zero-order valence-electron chi connectivity index (χ0n) is 13.6. The van der Waals surface area contributed by atoms with Gasteiger partial charge in [0, 0.05) is 12.6 Å². The number of carbonyl (C=O) groups is 1. The second-order valence-electron chi connectivity index (χ2n) is 6.59. The van der Waals surface area contributed by atoms with Crippen LogP contribution in [0.25, 0.3) is 0 Å². The van der Waals surface area contributed by atoms with Gasteiger partial charge >= 0.3 is 5.97 Å². The van der Waals surface area contributed by atoms with E-state index >= 15 is 0 Å². The molecule has 1 saturated heterocycles. The molecule has 0 unspecified atom stereocenters. The smallest absolute Gasteiger partial charge is 0.311 e. The molecule has 0 spiro atoms.